The molecule has 0 unspecified atom stereocenters. The van der Waals surface area contributed by atoms with Gasteiger partial charge in [0.15, 0.2) is 11.4 Å². The van der Waals surface area contributed by atoms with Gasteiger partial charge in [0.2, 0.25) is 0 Å². The van der Waals surface area contributed by atoms with Gasteiger partial charge in [-0.05, 0) is 28.7 Å². The molecule has 0 fully saturated rings. The molecule has 0 aliphatic heterocycles. The highest BCUT2D eigenvalue weighted by Crippen LogP contribution is 2.37. The average Bonchev–Trinajstić information content (AvgIpc) is 1.97. The van der Waals surface area contributed by atoms with Crippen LogP contribution >= 0.6 is 22.6 Å². The number of ether oxygens (including phenoxy) is 1. The molecular weight excluding hydrogens is 355 g/mol. The molecule has 16 heavy (non-hydrogen) atoms. The van der Waals surface area contributed by atoms with Crippen LogP contribution in [0.5, 0.6) is 5.75 Å². The van der Waals surface area contributed by atoms with Crippen LogP contribution in [-0.4, -0.2) is 11.3 Å². The van der Waals surface area contributed by atoms with E-state index in [4.69, 9.17) is 0 Å². The lowest BCUT2D eigenvalue weighted by Gasteiger charge is -2.14. The molecule has 0 aliphatic carbocycles. The average molecular weight is 357 g/mol. The monoisotopic (exact) mass is 357 g/mol. The SMILES string of the molecule is FC(F)(F)Oc1cc(I)cnc1C(F)(F)F. The van der Waals surface area contributed by atoms with Crippen LogP contribution in [0.1, 0.15) is 5.69 Å². The number of aromatic nitrogens is 1. The van der Waals surface area contributed by atoms with Gasteiger partial charge in [-0.3, -0.25) is 0 Å². The number of pyridine rings is 1. The van der Waals surface area contributed by atoms with Crippen molar-refractivity contribution in [1.82, 2.24) is 4.98 Å². The Morgan fingerprint density at radius 1 is 1.12 bits per heavy atom. The van der Waals surface area contributed by atoms with E-state index in [0.717, 1.165) is 6.20 Å². The molecule has 1 rings (SSSR count). The quantitative estimate of drug-likeness (QED) is 0.566. The normalized spacial score (nSPS) is 12.7. The third-order valence-electron chi connectivity index (χ3n) is 1.31. The lowest BCUT2D eigenvalue weighted by molar-refractivity contribution is -0.276. The van der Waals surface area contributed by atoms with E-state index in [-0.39, 0.29) is 3.57 Å². The molecule has 0 atom stereocenters. The Labute approximate surface area is 98.7 Å². The molecule has 2 nitrogen and oxygen atoms in total. The van der Waals surface area contributed by atoms with Crippen LogP contribution in [0.15, 0.2) is 12.3 Å². The predicted octanol–water partition coefficient (Wildman–Crippen LogP) is 3.60. The molecule has 0 amide bonds. The number of alkyl halides is 6. The molecule has 0 saturated heterocycles. The second kappa shape index (κ2) is 4.26. The molecule has 0 spiro atoms. The lowest BCUT2D eigenvalue weighted by atomic mass is 10.3. The first kappa shape index (κ1) is 13.3. The number of hydrogen-bond acceptors (Lipinski definition) is 2. The molecule has 0 radical (unpaired) electrons. The van der Waals surface area contributed by atoms with E-state index in [1.165, 1.54) is 22.6 Å². The molecule has 0 saturated carbocycles. The standard InChI is InChI=1S/C7H2F6INO/c8-6(9,10)5-4(16-7(11,12)13)1-3(14)2-15-5/h1-2H. The van der Waals surface area contributed by atoms with Gasteiger partial charge in [0.05, 0.1) is 0 Å². The van der Waals surface area contributed by atoms with E-state index in [0.29, 0.717) is 6.07 Å². The van der Waals surface area contributed by atoms with Gasteiger partial charge in [0, 0.05) is 9.77 Å². The van der Waals surface area contributed by atoms with Crippen LogP contribution in [0.3, 0.4) is 0 Å². The zero-order chi connectivity index (χ0) is 12.6. The lowest BCUT2D eigenvalue weighted by Crippen LogP contribution is -2.21. The first-order valence-electron chi connectivity index (χ1n) is 3.58. The molecule has 1 heterocycles. The second-order valence-corrected chi connectivity index (χ2v) is 3.79. The topological polar surface area (TPSA) is 22.1 Å². The van der Waals surface area contributed by atoms with Gasteiger partial charge in [-0.15, -0.1) is 13.2 Å². The highest BCUT2D eigenvalue weighted by molar-refractivity contribution is 14.1. The highest BCUT2D eigenvalue weighted by Gasteiger charge is 2.40. The van der Waals surface area contributed by atoms with E-state index < -0.39 is 24.0 Å². The summed E-state index contributed by atoms with van der Waals surface area (Å²) in [7, 11) is 0. The zero-order valence-electron chi connectivity index (χ0n) is 7.16. The Bertz CT molecular complexity index is 387. The van der Waals surface area contributed by atoms with Crippen molar-refractivity contribution >= 4 is 22.6 Å². The van der Waals surface area contributed by atoms with E-state index >= 15 is 0 Å². The van der Waals surface area contributed by atoms with Gasteiger partial charge >= 0.3 is 12.5 Å². The van der Waals surface area contributed by atoms with Crippen LogP contribution in [-0.2, 0) is 6.18 Å². The van der Waals surface area contributed by atoms with Crippen LogP contribution in [0, 0.1) is 3.57 Å². The van der Waals surface area contributed by atoms with Crippen molar-refractivity contribution in [3.8, 4) is 5.75 Å². The molecule has 0 aromatic carbocycles. The molecule has 0 aliphatic rings. The van der Waals surface area contributed by atoms with Crippen LogP contribution in [0.4, 0.5) is 26.3 Å². The molecule has 0 N–H and O–H groups in total. The summed E-state index contributed by atoms with van der Waals surface area (Å²) >= 11 is 1.52. The van der Waals surface area contributed by atoms with E-state index in [1.54, 1.807) is 0 Å². The van der Waals surface area contributed by atoms with Gasteiger partial charge in [-0.1, -0.05) is 0 Å². The molecule has 90 valence electrons. The number of rotatable bonds is 1. The number of hydrogen-bond donors (Lipinski definition) is 0. The predicted molar refractivity (Wildman–Crippen MR) is 48.6 cm³/mol. The van der Waals surface area contributed by atoms with Gasteiger partial charge in [-0.25, -0.2) is 4.98 Å². The minimum atomic E-state index is -5.19. The van der Waals surface area contributed by atoms with E-state index in [9.17, 15) is 26.3 Å². The first-order chi connectivity index (χ1) is 7.09. The van der Waals surface area contributed by atoms with Gasteiger partial charge < -0.3 is 4.74 Å². The largest absolute Gasteiger partial charge is 0.573 e. The van der Waals surface area contributed by atoms with E-state index in [2.05, 4.69) is 9.72 Å². The Morgan fingerprint density at radius 3 is 2.12 bits per heavy atom. The molecule has 0 bridgehead atoms. The Balaban J connectivity index is 3.19. The molecule has 9 heteroatoms. The Kier molecular flexibility index (Phi) is 3.55. The maximum atomic E-state index is 12.2. The summed E-state index contributed by atoms with van der Waals surface area (Å²) in [5.74, 6) is -1.35. The fourth-order valence-electron chi connectivity index (χ4n) is 0.836. The van der Waals surface area contributed by atoms with Crippen molar-refractivity contribution in [1.29, 1.82) is 0 Å². The minimum Gasteiger partial charge on any atom is -0.403 e. The van der Waals surface area contributed by atoms with Crippen molar-refractivity contribution < 1.29 is 31.1 Å². The van der Waals surface area contributed by atoms with Gasteiger partial charge in [0.25, 0.3) is 0 Å². The van der Waals surface area contributed by atoms with Crippen LogP contribution in [0.2, 0.25) is 0 Å². The van der Waals surface area contributed by atoms with Crippen molar-refractivity contribution in [3.63, 3.8) is 0 Å². The van der Waals surface area contributed by atoms with Crippen molar-refractivity contribution in [2.75, 3.05) is 0 Å². The minimum absolute atomic E-state index is 0.102. The number of halogens is 7. The van der Waals surface area contributed by atoms with Crippen LogP contribution < -0.4 is 4.74 Å². The summed E-state index contributed by atoms with van der Waals surface area (Å²) in [6.45, 7) is 0. The van der Waals surface area contributed by atoms with Crippen LogP contribution in [0.25, 0.3) is 0 Å². The first-order valence-corrected chi connectivity index (χ1v) is 4.66. The summed E-state index contributed by atoms with van der Waals surface area (Å²) in [6, 6.07) is 0.615. The number of nitrogens with zero attached hydrogens (tertiary/aromatic N) is 1. The third-order valence-corrected chi connectivity index (χ3v) is 1.90. The Hall–Kier alpha value is -0.740. The van der Waals surface area contributed by atoms with Crippen molar-refractivity contribution in [2.24, 2.45) is 0 Å². The fourth-order valence-corrected chi connectivity index (χ4v) is 1.26. The zero-order valence-corrected chi connectivity index (χ0v) is 9.31. The molecule has 1 aromatic rings. The maximum absolute atomic E-state index is 12.2. The summed E-state index contributed by atoms with van der Waals surface area (Å²) in [6.07, 6.45) is -9.39. The van der Waals surface area contributed by atoms with Crippen molar-refractivity contribution in [2.45, 2.75) is 12.5 Å². The highest BCUT2D eigenvalue weighted by atomic mass is 127. The maximum Gasteiger partial charge on any atom is 0.573 e. The Morgan fingerprint density at radius 2 is 1.69 bits per heavy atom. The smallest absolute Gasteiger partial charge is 0.403 e. The third kappa shape index (κ3) is 3.68. The molecule has 1 aromatic heterocycles. The summed E-state index contributed by atoms with van der Waals surface area (Å²) < 4.78 is 75.5. The summed E-state index contributed by atoms with van der Waals surface area (Å²) in [5.41, 5.74) is -1.70. The summed E-state index contributed by atoms with van der Waals surface area (Å²) in [5, 5.41) is 0. The second-order valence-electron chi connectivity index (χ2n) is 2.55. The van der Waals surface area contributed by atoms with Crippen molar-refractivity contribution in [3.05, 3.63) is 21.5 Å². The van der Waals surface area contributed by atoms with E-state index in [1.807, 2.05) is 0 Å². The summed E-state index contributed by atoms with van der Waals surface area (Å²) in [4.78, 5) is 2.88. The fraction of sp³-hybridized carbons (Fsp3) is 0.286. The van der Waals surface area contributed by atoms with Gasteiger partial charge in [0.1, 0.15) is 0 Å². The van der Waals surface area contributed by atoms with Gasteiger partial charge in [-0.2, -0.15) is 13.2 Å². The molecular formula is C7H2F6INO.